The number of carbonyl (C=O) groups is 3. The Balaban J connectivity index is 1.66. The van der Waals surface area contributed by atoms with Gasteiger partial charge in [0.25, 0.3) is 0 Å². The molecule has 4 heterocycles. The summed E-state index contributed by atoms with van der Waals surface area (Å²) in [4.78, 5) is 45.2. The molecule has 0 aromatic heterocycles. The van der Waals surface area contributed by atoms with E-state index in [1.54, 1.807) is 17.9 Å². The largest absolute Gasteiger partial charge is 0.481 e. The molecule has 9 nitrogen and oxygen atoms in total. The molecule has 4 aliphatic heterocycles. The molecule has 1 spiro atoms. The Hall–Kier alpha value is -1.14. The molecule has 2 N–H and O–H groups in total. The number of hydrogen-bond donors (Lipinski definition) is 2. The van der Waals surface area contributed by atoms with Crippen molar-refractivity contribution < 1.29 is 29.3 Å². The van der Waals surface area contributed by atoms with Crippen LogP contribution in [0.3, 0.4) is 0 Å². The van der Waals surface area contributed by atoms with Gasteiger partial charge < -0.3 is 24.7 Å². The van der Waals surface area contributed by atoms with Crippen molar-refractivity contribution in [3.8, 4) is 0 Å². The number of rotatable bonds is 9. The molecule has 4 fully saturated rings. The molecule has 7 atom stereocenters. The fraction of sp³-hybridized carbons (Fsp3) is 0.773. The Morgan fingerprint density at radius 1 is 1.42 bits per heavy atom. The van der Waals surface area contributed by atoms with Gasteiger partial charge in [-0.2, -0.15) is 0 Å². The van der Waals surface area contributed by atoms with Crippen LogP contribution in [0, 0.1) is 11.8 Å². The number of likely N-dealkylation sites (tertiary alicyclic amines) is 1. The van der Waals surface area contributed by atoms with Crippen LogP contribution in [0.25, 0.3) is 0 Å². The van der Waals surface area contributed by atoms with Gasteiger partial charge in [0.2, 0.25) is 11.8 Å². The maximum Gasteiger partial charge on any atom is 0.308 e. The number of morpholine rings is 1. The summed E-state index contributed by atoms with van der Waals surface area (Å²) in [6, 6.07) is -1.40. The SMILES string of the molecule is C=CCN(CCN1CCOCC1)C(=O)C1N([C@H](C)CO)C(=O)[C@@H]2[C@@H](C(=O)O)[C@@H]3SC12CC3Br. The molecule has 4 saturated heterocycles. The Morgan fingerprint density at radius 3 is 2.73 bits per heavy atom. The number of carbonyl (C=O) groups excluding carboxylic acids is 2. The first kappa shape index (κ1) is 25.0. The molecule has 0 radical (unpaired) electrons. The molecular weight excluding hydrogens is 514 g/mol. The minimum Gasteiger partial charge on any atom is -0.481 e. The first-order valence-corrected chi connectivity index (χ1v) is 13.2. The Kier molecular flexibility index (Phi) is 7.45. The average Bonchev–Trinajstić information content (AvgIpc) is 3.39. The Bertz CT molecular complexity index is 811. The number of aliphatic hydroxyl groups excluding tert-OH is 1. The number of halogens is 1. The van der Waals surface area contributed by atoms with E-state index in [0.717, 1.165) is 13.1 Å². The van der Waals surface area contributed by atoms with Crippen LogP contribution in [0.1, 0.15) is 13.3 Å². The number of aliphatic carboxylic acids is 1. The van der Waals surface area contributed by atoms with Crippen LogP contribution in [0.5, 0.6) is 0 Å². The molecule has 0 aromatic carbocycles. The molecule has 4 rings (SSSR count). The molecule has 11 heteroatoms. The number of thioether (sulfide) groups is 1. The Labute approximate surface area is 206 Å². The lowest BCUT2D eigenvalue weighted by Crippen LogP contribution is -2.58. The van der Waals surface area contributed by atoms with Crippen molar-refractivity contribution in [3.63, 3.8) is 0 Å². The lowest BCUT2D eigenvalue weighted by atomic mass is 9.71. The van der Waals surface area contributed by atoms with E-state index in [0.29, 0.717) is 39.3 Å². The average molecular weight is 546 g/mol. The summed E-state index contributed by atoms with van der Waals surface area (Å²) in [6.07, 6.45) is 2.22. The van der Waals surface area contributed by atoms with Crippen molar-refractivity contribution in [2.45, 2.75) is 40.3 Å². The summed E-state index contributed by atoms with van der Waals surface area (Å²) in [7, 11) is 0. The van der Waals surface area contributed by atoms with Crippen molar-refractivity contribution in [2.75, 3.05) is 52.5 Å². The third-order valence-electron chi connectivity index (χ3n) is 7.44. The van der Waals surface area contributed by atoms with Crippen molar-refractivity contribution in [1.29, 1.82) is 0 Å². The highest BCUT2D eigenvalue weighted by Crippen LogP contribution is 2.68. The number of aliphatic hydroxyl groups is 1. The summed E-state index contributed by atoms with van der Waals surface area (Å²) in [5, 5.41) is 19.6. The van der Waals surface area contributed by atoms with Crippen molar-refractivity contribution >= 4 is 45.5 Å². The van der Waals surface area contributed by atoms with Gasteiger partial charge in [-0.1, -0.05) is 22.0 Å². The quantitative estimate of drug-likeness (QED) is 0.313. The van der Waals surface area contributed by atoms with Crippen LogP contribution in [-0.2, 0) is 19.1 Å². The fourth-order valence-corrected chi connectivity index (χ4v) is 9.48. The van der Waals surface area contributed by atoms with Crippen LogP contribution >= 0.6 is 27.7 Å². The second kappa shape index (κ2) is 9.85. The van der Waals surface area contributed by atoms with Crippen LogP contribution in [0.15, 0.2) is 12.7 Å². The Morgan fingerprint density at radius 2 is 2.12 bits per heavy atom. The normalized spacial score (nSPS) is 36.6. The summed E-state index contributed by atoms with van der Waals surface area (Å²) in [6.45, 7) is 9.67. The lowest BCUT2D eigenvalue weighted by Gasteiger charge is -2.39. The fourth-order valence-electron chi connectivity index (χ4n) is 5.90. The third-order valence-corrected chi connectivity index (χ3v) is 10.7. The molecule has 33 heavy (non-hydrogen) atoms. The van der Waals surface area contributed by atoms with Crippen molar-refractivity contribution in [3.05, 3.63) is 12.7 Å². The standard InChI is InChI=1S/C22H32BrN3O6S/c1-3-4-25(6-5-24-7-9-32-10-8-24)20(29)18-22-11-14(23)17(33-22)15(21(30)31)16(22)19(28)26(18)13(2)12-27/h3,13-18,27H,1,4-12H2,2H3,(H,30,31)/t13-,14?,15-,16+,17-,18?,22?/m1/s1. The molecule has 4 aliphatic rings. The van der Waals surface area contributed by atoms with Gasteiger partial charge in [0.1, 0.15) is 6.04 Å². The van der Waals surface area contributed by atoms with Crippen molar-refractivity contribution in [2.24, 2.45) is 11.8 Å². The zero-order valence-electron chi connectivity index (χ0n) is 18.8. The van der Waals surface area contributed by atoms with E-state index in [1.807, 2.05) is 0 Å². The highest BCUT2D eigenvalue weighted by atomic mass is 79.9. The van der Waals surface area contributed by atoms with Gasteiger partial charge in [0, 0.05) is 42.8 Å². The third kappa shape index (κ3) is 4.13. The smallest absolute Gasteiger partial charge is 0.308 e. The van der Waals surface area contributed by atoms with Gasteiger partial charge in [-0.05, 0) is 13.3 Å². The first-order chi connectivity index (χ1) is 15.8. The van der Waals surface area contributed by atoms with E-state index in [-0.39, 0.29) is 28.5 Å². The van der Waals surface area contributed by atoms with Crippen LogP contribution in [-0.4, -0.2) is 122 Å². The maximum atomic E-state index is 14.1. The van der Waals surface area contributed by atoms with Gasteiger partial charge in [0.05, 0.1) is 42.4 Å². The molecule has 3 unspecified atom stereocenters. The van der Waals surface area contributed by atoms with Crippen molar-refractivity contribution in [1.82, 2.24) is 14.7 Å². The minimum atomic E-state index is -1.00. The van der Waals surface area contributed by atoms with E-state index < -0.39 is 34.6 Å². The predicted octanol–water partition coefficient (Wildman–Crippen LogP) is 0.263. The molecule has 0 aromatic rings. The number of hydrogen-bond acceptors (Lipinski definition) is 7. The molecule has 0 saturated carbocycles. The second-order valence-corrected chi connectivity index (χ2v) is 12.0. The highest BCUT2D eigenvalue weighted by molar-refractivity contribution is 9.09. The zero-order chi connectivity index (χ0) is 23.9. The van der Waals surface area contributed by atoms with E-state index in [1.165, 1.54) is 16.7 Å². The zero-order valence-corrected chi connectivity index (χ0v) is 21.2. The topological polar surface area (TPSA) is 111 Å². The van der Waals surface area contributed by atoms with Gasteiger partial charge in [-0.15, -0.1) is 18.3 Å². The number of alkyl halides is 1. The predicted molar refractivity (Wildman–Crippen MR) is 127 cm³/mol. The summed E-state index contributed by atoms with van der Waals surface area (Å²) in [5.41, 5.74) is 0. The van der Waals surface area contributed by atoms with Crippen LogP contribution in [0.2, 0.25) is 0 Å². The highest BCUT2D eigenvalue weighted by Gasteiger charge is 2.76. The first-order valence-electron chi connectivity index (χ1n) is 11.4. The number of carboxylic acids is 1. The summed E-state index contributed by atoms with van der Waals surface area (Å²) < 4.78 is 4.58. The van der Waals surface area contributed by atoms with Crippen LogP contribution in [0.4, 0.5) is 0 Å². The molecular formula is C22H32BrN3O6S. The summed E-state index contributed by atoms with van der Waals surface area (Å²) >= 11 is 5.11. The van der Waals surface area contributed by atoms with E-state index >= 15 is 0 Å². The lowest BCUT2D eigenvalue weighted by molar-refractivity contribution is -0.149. The monoisotopic (exact) mass is 545 g/mol. The maximum absolute atomic E-state index is 14.1. The molecule has 184 valence electrons. The van der Waals surface area contributed by atoms with Gasteiger partial charge in [0.15, 0.2) is 0 Å². The number of fused-ring (bicyclic) bond motifs is 1. The van der Waals surface area contributed by atoms with Gasteiger partial charge in [-0.25, -0.2) is 0 Å². The summed E-state index contributed by atoms with van der Waals surface area (Å²) in [5.74, 6) is -3.15. The van der Waals surface area contributed by atoms with E-state index in [2.05, 4.69) is 27.4 Å². The molecule has 2 amide bonds. The number of nitrogens with zero attached hydrogens (tertiary/aromatic N) is 3. The van der Waals surface area contributed by atoms with Gasteiger partial charge in [-0.3, -0.25) is 19.3 Å². The second-order valence-electron chi connectivity index (χ2n) is 9.31. The number of amides is 2. The van der Waals surface area contributed by atoms with E-state index in [9.17, 15) is 24.6 Å². The van der Waals surface area contributed by atoms with Gasteiger partial charge >= 0.3 is 5.97 Å². The number of carboxylic acid groups (broad SMARTS) is 1. The van der Waals surface area contributed by atoms with Crippen LogP contribution < -0.4 is 0 Å². The molecule has 2 bridgehead atoms. The number of ether oxygens (including phenoxy) is 1. The minimum absolute atomic E-state index is 0.0893. The van der Waals surface area contributed by atoms with E-state index in [4.69, 9.17) is 4.74 Å². The molecule has 0 aliphatic carbocycles.